The average Bonchev–Trinajstić information content (AvgIpc) is 2.22. The summed E-state index contributed by atoms with van der Waals surface area (Å²) in [5.74, 6) is 0. The van der Waals surface area contributed by atoms with Crippen LogP contribution in [0.2, 0.25) is 0 Å². The maximum Gasteiger partial charge on any atom is 0.401 e. The molecule has 0 aromatic heterocycles. The molecule has 0 bridgehead atoms. The first-order valence-electron chi connectivity index (χ1n) is 6.42. The number of hydrogen-bond donors (Lipinski definition) is 2. The summed E-state index contributed by atoms with van der Waals surface area (Å²) in [4.78, 5) is 1.41. The second-order valence-corrected chi connectivity index (χ2v) is 5.05. The Morgan fingerprint density at radius 1 is 1.17 bits per heavy atom. The molecular formula is C12H25F3N2O. The molecule has 0 amide bonds. The van der Waals surface area contributed by atoms with Crippen molar-refractivity contribution in [2.24, 2.45) is 5.73 Å². The Kier molecular flexibility index (Phi) is 7.82. The van der Waals surface area contributed by atoms with Crippen LogP contribution in [-0.2, 0) is 0 Å². The molecule has 0 fully saturated rings. The Hall–Kier alpha value is -0.330. The van der Waals surface area contributed by atoms with Crippen molar-refractivity contribution in [2.45, 2.75) is 51.3 Å². The zero-order valence-corrected chi connectivity index (χ0v) is 11.3. The van der Waals surface area contributed by atoms with Crippen LogP contribution in [0.5, 0.6) is 0 Å². The van der Waals surface area contributed by atoms with E-state index in [0.717, 1.165) is 0 Å². The van der Waals surface area contributed by atoms with Gasteiger partial charge in [0.2, 0.25) is 0 Å². The van der Waals surface area contributed by atoms with Gasteiger partial charge >= 0.3 is 6.18 Å². The van der Waals surface area contributed by atoms with Gasteiger partial charge in [0.15, 0.2) is 0 Å². The second kappa shape index (κ2) is 7.96. The third-order valence-electron chi connectivity index (χ3n) is 2.82. The van der Waals surface area contributed by atoms with Crippen LogP contribution in [0, 0.1) is 0 Å². The van der Waals surface area contributed by atoms with Gasteiger partial charge in [0.1, 0.15) is 0 Å². The smallest absolute Gasteiger partial charge is 0.389 e. The monoisotopic (exact) mass is 270 g/mol. The van der Waals surface area contributed by atoms with E-state index >= 15 is 0 Å². The number of hydrogen-bond acceptors (Lipinski definition) is 3. The normalized spacial score (nSPS) is 16.0. The molecule has 0 saturated heterocycles. The molecule has 0 aliphatic heterocycles. The minimum atomic E-state index is -4.14. The summed E-state index contributed by atoms with van der Waals surface area (Å²) in [5.41, 5.74) is 4.47. The molecule has 0 aromatic rings. The van der Waals surface area contributed by atoms with E-state index in [9.17, 15) is 18.3 Å². The Labute approximate surface area is 107 Å². The zero-order chi connectivity index (χ0) is 14.2. The SMILES string of the molecule is CCCN(CCCCC(C)(O)CN)CC(F)(F)F. The van der Waals surface area contributed by atoms with Crippen LogP contribution in [-0.4, -0.2) is 48.0 Å². The molecule has 0 aromatic carbocycles. The summed E-state index contributed by atoms with van der Waals surface area (Å²) < 4.78 is 36.9. The maximum absolute atomic E-state index is 12.3. The highest BCUT2D eigenvalue weighted by molar-refractivity contribution is 4.73. The Morgan fingerprint density at radius 2 is 1.78 bits per heavy atom. The lowest BCUT2D eigenvalue weighted by atomic mass is 9.99. The number of nitrogens with two attached hydrogens (primary N) is 1. The minimum absolute atomic E-state index is 0.175. The number of unbranched alkanes of at least 4 members (excludes halogenated alkanes) is 1. The van der Waals surface area contributed by atoms with Crippen molar-refractivity contribution in [2.75, 3.05) is 26.2 Å². The van der Waals surface area contributed by atoms with Gasteiger partial charge in [0, 0.05) is 6.54 Å². The third kappa shape index (κ3) is 9.67. The van der Waals surface area contributed by atoms with E-state index in [-0.39, 0.29) is 6.54 Å². The van der Waals surface area contributed by atoms with Crippen molar-refractivity contribution in [3.8, 4) is 0 Å². The van der Waals surface area contributed by atoms with Gasteiger partial charge in [-0.1, -0.05) is 6.92 Å². The highest BCUT2D eigenvalue weighted by Gasteiger charge is 2.30. The molecule has 0 aliphatic rings. The minimum Gasteiger partial charge on any atom is -0.389 e. The molecule has 110 valence electrons. The molecule has 0 saturated carbocycles. The highest BCUT2D eigenvalue weighted by Crippen LogP contribution is 2.18. The molecule has 18 heavy (non-hydrogen) atoms. The molecule has 0 radical (unpaired) electrons. The molecular weight excluding hydrogens is 245 g/mol. The first-order valence-corrected chi connectivity index (χ1v) is 6.42. The van der Waals surface area contributed by atoms with Crippen molar-refractivity contribution in [1.29, 1.82) is 0 Å². The number of aliphatic hydroxyl groups is 1. The Morgan fingerprint density at radius 3 is 2.22 bits per heavy atom. The number of halogens is 3. The summed E-state index contributed by atoms with van der Waals surface area (Å²) in [6, 6.07) is 0. The summed E-state index contributed by atoms with van der Waals surface area (Å²) in [6.07, 6.45) is -1.58. The summed E-state index contributed by atoms with van der Waals surface area (Å²) in [6.45, 7) is 3.69. The zero-order valence-electron chi connectivity index (χ0n) is 11.3. The third-order valence-corrected chi connectivity index (χ3v) is 2.82. The van der Waals surface area contributed by atoms with Crippen molar-refractivity contribution >= 4 is 0 Å². The quantitative estimate of drug-likeness (QED) is 0.631. The van der Waals surface area contributed by atoms with Gasteiger partial charge in [-0.25, -0.2) is 0 Å². The van der Waals surface area contributed by atoms with Crippen LogP contribution in [0.3, 0.4) is 0 Å². The average molecular weight is 270 g/mol. The summed E-state index contributed by atoms with van der Waals surface area (Å²) in [7, 11) is 0. The van der Waals surface area contributed by atoms with Gasteiger partial charge in [-0.2, -0.15) is 13.2 Å². The number of nitrogens with zero attached hydrogens (tertiary/aromatic N) is 1. The van der Waals surface area contributed by atoms with Gasteiger partial charge in [-0.3, -0.25) is 4.90 Å². The van der Waals surface area contributed by atoms with Gasteiger partial charge in [0.05, 0.1) is 12.1 Å². The summed E-state index contributed by atoms with van der Waals surface area (Å²) >= 11 is 0. The first-order chi connectivity index (χ1) is 8.20. The fourth-order valence-corrected chi connectivity index (χ4v) is 1.78. The standard InChI is InChI=1S/C12H25F3N2O/c1-3-7-17(10-12(13,14)15)8-5-4-6-11(2,18)9-16/h18H,3-10,16H2,1-2H3. The fourth-order valence-electron chi connectivity index (χ4n) is 1.78. The van der Waals surface area contributed by atoms with Crippen LogP contribution < -0.4 is 5.73 Å². The van der Waals surface area contributed by atoms with E-state index in [1.807, 2.05) is 6.92 Å². The van der Waals surface area contributed by atoms with Gasteiger partial charge in [-0.05, 0) is 45.7 Å². The van der Waals surface area contributed by atoms with Crippen molar-refractivity contribution in [3.05, 3.63) is 0 Å². The van der Waals surface area contributed by atoms with E-state index in [4.69, 9.17) is 5.73 Å². The van der Waals surface area contributed by atoms with Crippen LogP contribution in [0.4, 0.5) is 13.2 Å². The molecule has 0 aliphatic carbocycles. The van der Waals surface area contributed by atoms with E-state index < -0.39 is 18.3 Å². The Balaban J connectivity index is 3.91. The van der Waals surface area contributed by atoms with Crippen LogP contribution in [0.1, 0.15) is 39.5 Å². The van der Waals surface area contributed by atoms with E-state index in [1.165, 1.54) is 4.90 Å². The van der Waals surface area contributed by atoms with Crippen molar-refractivity contribution in [3.63, 3.8) is 0 Å². The molecule has 1 atom stereocenters. The van der Waals surface area contributed by atoms with Crippen molar-refractivity contribution < 1.29 is 18.3 Å². The molecule has 3 N–H and O–H groups in total. The first kappa shape index (κ1) is 17.7. The van der Waals surface area contributed by atoms with Crippen LogP contribution in [0.25, 0.3) is 0 Å². The van der Waals surface area contributed by atoms with Crippen molar-refractivity contribution in [1.82, 2.24) is 4.90 Å². The van der Waals surface area contributed by atoms with Crippen LogP contribution >= 0.6 is 0 Å². The Bertz CT molecular complexity index is 220. The highest BCUT2D eigenvalue weighted by atomic mass is 19.4. The number of rotatable bonds is 9. The van der Waals surface area contributed by atoms with E-state index in [1.54, 1.807) is 6.92 Å². The van der Waals surface area contributed by atoms with E-state index in [2.05, 4.69) is 0 Å². The van der Waals surface area contributed by atoms with E-state index in [0.29, 0.717) is 38.8 Å². The molecule has 6 heteroatoms. The summed E-state index contributed by atoms with van der Waals surface area (Å²) in [5, 5.41) is 9.66. The molecule has 0 rings (SSSR count). The van der Waals surface area contributed by atoms with Gasteiger partial charge in [0.25, 0.3) is 0 Å². The lowest BCUT2D eigenvalue weighted by Gasteiger charge is -2.24. The lowest BCUT2D eigenvalue weighted by molar-refractivity contribution is -0.146. The molecule has 0 heterocycles. The predicted octanol–water partition coefficient (Wildman–Crippen LogP) is 2.14. The van der Waals surface area contributed by atoms with Crippen LogP contribution in [0.15, 0.2) is 0 Å². The number of alkyl halides is 3. The molecule has 0 spiro atoms. The largest absolute Gasteiger partial charge is 0.401 e. The second-order valence-electron chi connectivity index (χ2n) is 5.05. The maximum atomic E-state index is 12.3. The van der Waals surface area contributed by atoms with Gasteiger partial charge in [-0.15, -0.1) is 0 Å². The topological polar surface area (TPSA) is 49.5 Å². The van der Waals surface area contributed by atoms with Gasteiger partial charge < -0.3 is 10.8 Å². The lowest BCUT2D eigenvalue weighted by Crippen LogP contribution is -2.36. The molecule has 1 unspecified atom stereocenters. The predicted molar refractivity (Wildman–Crippen MR) is 66.3 cm³/mol. The fraction of sp³-hybridized carbons (Fsp3) is 1.00. The molecule has 3 nitrogen and oxygen atoms in total.